The number of aliphatic hydroxyl groups excluding tert-OH is 1. The van der Waals surface area contributed by atoms with E-state index in [9.17, 15) is 23.6 Å². The minimum atomic E-state index is -4.02. The van der Waals surface area contributed by atoms with Crippen molar-refractivity contribution in [3.05, 3.63) is 70.3 Å². The van der Waals surface area contributed by atoms with Gasteiger partial charge in [0, 0.05) is 12.6 Å². The summed E-state index contributed by atoms with van der Waals surface area (Å²) in [6.45, 7) is -0.0373. The number of nitrogens with one attached hydrogen (secondary N) is 1. The van der Waals surface area contributed by atoms with E-state index in [-0.39, 0.29) is 17.9 Å². The number of nitrogens with zero attached hydrogens (tertiary/aromatic N) is 1. The number of benzene rings is 2. The molecule has 122 valence electrons. The number of hydrogen-bond donors (Lipinski definition) is 2. The molecule has 2 aromatic carbocycles. The van der Waals surface area contributed by atoms with Gasteiger partial charge in [-0.1, -0.05) is 42.5 Å². The van der Waals surface area contributed by atoms with Gasteiger partial charge in [0.1, 0.15) is 0 Å². The van der Waals surface area contributed by atoms with Crippen LogP contribution in [-0.2, 0) is 10.0 Å². The summed E-state index contributed by atoms with van der Waals surface area (Å²) < 4.78 is 26.6. The lowest BCUT2D eigenvalue weighted by atomic mass is 10.1. The van der Waals surface area contributed by atoms with E-state index in [1.54, 1.807) is 24.3 Å². The fourth-order valence-corrected chi connectivity index (χ4v) is 3.30. The lowest BCUT2D eigenvalue weighted by Crippen LogP contribution is -2.26. The molecule has 0 saturated carbocycles. The predicted molar refractivity (Wildman–Crippen MR) is 84.3 cm³/mol. The highest BCUT2D eigenvalue weighted by molar-refractivity contribution is 7.89. The second-order valence-corrected chi connectivity index (χ2v) is 6.57. The standard InChI is InChI=1S/C15H16N2O5S/c18-14(12-6-2-1-3-7-12)10-11-16-23(21,22)15-9-5-4-8-13(15)17(19)20/h1-9,14,16,18H,10-11H2. The quantitative estimate of drug-likeness (QED) is 0.593. The molecule has 0 aliphatic heterocycles. The lowest BCUT2D eigenvalue weighted by molar-refractivity contribution is -0.387. The van der Waals surface area contributed by atoms with E-state index < -0.39 is 26.7 Å². The Hall–Kier alpha value is -2.29. The number of aliphatic hydroxyl groups is 1. The Morgan fingerprint density at radius 1 is 1.09 bits per heavy atom. The van der Waals surface area contributed by atoms with Gasteiger partial charge < -0.3 is 5.11 Å². The minimum Gasteiger partial charge on any atom is -0.388 e. The Labute approximate surface area is 133 Å². The summed E-state index contributed by atoms with van der Waals surface area (Å²) in [5, 5.41) is 20.9. The molecule has 0 fully saturated rings. The van der Waals surface area contributed by atoms with Crippen molar-refractivity contribution in [2.75, 3.05) is 6.54 Å². The molecule has 0 amide bonds. The number of nitro groups is 1. The third kappa shape index (κ3) is 4.35. The zero-order valence-electron chi connectivity index (χ0n) is 12.1. The van der Waals surface area contributed by atoms with Crippen LogP contribution >= 0.6 is 0 Å². The van der Waals surface area contributed by atoms with E-state index in [2.05, 4.69) is 4.72 Å². The second-order valence-electron chi connectivity index (χ2n) is 4.84. The molecule has 0 spiro atoms. The molecule has 2 aromatic rings. The number of sulfonamides is 1. The molecule has 0 aromatic heterocycles. The van der Waals surface area contributed by atoms with Crippen LogP contribution in [0.2, 0.25) is 0 Å². The van der Waals surface area contributed by atoms with E-state index in [0.29, 0.717) is 5.56 Å². The third-order valence-corrected chi connectivity index (χ3v) is 4.75. The Balaban J connectivity index is 2.04. The molecular weight excluding hydrogens is 320 g/mol. The number of hydrogen-bond acceptors (Lipinski definition) is 5. The normalized spacial score (nSPS) is 12.7. The SMILES string of the molecule is O=[N+]([O-])c1ccccc1S(=O)(=O)NCCC(O)c1ccccc1. The van der Waals surface area contributed by atoms with Gasteiger partial charge in [-0.3, -0.25) is 10.1 Å². The number of rotatable bonds is 7. The van der Waals surface area contributed by atoms with Crippen LogP contribution in [0.1, 0.15) is 18.1 Å². The van der Waals surface area contributed by atoms with E-state index in [4.69, 9.17) is 0 Å². The van der Waals surface area contributed by atoms with Crippen LogP contribution in [-0.4, -0.2) is 25.0 Å². The summed E-state index contributed by atoms with van der Waals surface area (Å²) in [4.78, 5) is 9.78. The zero-order chi connectivity index (χ0) is 16.9. The van der Waals surface area contributed by atoms with Gasteiger partial charge in [-0.2, -0.15) is 0 Å². The first-order chi connectivity index (χ1) is 10.9. The van der Waals surface area contributed by atoms with Crippen molar-refractivity contribution >= 4 is 15.7 Å². The molecule has 8 heteroatoms. The first kappa shape index (κ1) is 17.1. The maximum atomic E-state index is 12.2. The molecule has 0 aliphatic carbocycles. The predicted octanol–water partition coefficient (Wildman–Crippen LogP) is 2.00. The van der Waals surface area contributed by atoms with Crippen LogP contribution < -0.4 is 4.72 Å². The van der Waals surface area contributed by atoms with Crippen molar-refractivity contribution in [1.82, 2.24) is 4.72 Å². The first-order valence-corrected chi connectivity index (χ1v) is 8.36. The lowest BCUT2D eigenvalue weighted by Gasteiger charge is -2.12. The molecule has 1 unspecified atom stereocenters. The van der Waals surface area contributed by atoms with Crippen LogP contribution in [0.4, 0.5) is 5.69 Å². The number of para-hydroxylation sites is 1. The first-order valence-electron chi connectivity index (χ1n) is 6.88. The van der Waals surface area contributed by atoms with Crippen LogP contribution in [0, 0.1) is 10.1 Å². The van der Waals surface area contributed by atoms with Gasteiger partial charge in [0.05, 0.1) is 11.0 Å². The van der Waals surface area contributed by atoms with Crippen LogP contribution in [0.25, 0.3) is 0 Å². The third-order valence-electron chi connectivity index (χ3n) is 3.25. The van der Waals surface area contributed by atoms with Crippen molar-refractivity contribution < 1.29 is 18.4 Å². The summed E-state index contributed by atoms with van der Waals surface area (Å²) in [5.74, 6) is 0. The molecule has 0 heterocycles. The van der Waals surface area contributed by atoms with Gasteiger partial charge in [-0.15, -0.1) is 0 Å². The maximum absolute atomic E-state index is 12.2. The van der Waals surface area contributed by atoms with Gasteiger partial charge >= 0.3 is 0 Å². The van der Waals surface area contributed by atoms with Gasteiger partial charge in [0.2, 0.25) is 10.0 Å². The van der Waals surface area contributed by atoms with Gasteiger partial charge in [0.25, 0.3) is 5.69 Å². The summed E-state index contributed by atoms with van der Waals surface area (Å²) in [6.07, 6.45) is -0.659. The minimum absolute atomic E-state index is 0.0373. The van der Waals surface area contributed by atoms with Crippen molar-refractivity contribution in [3.8, 4) is 0 Å². The molecule has 0 aliphatic rings. The molecule has 7 nitrogen and oxygen atoms in total. The van der Waals surface area contributed by atoms with Crippen molar-refractivity contribution in [2.24, 2.45) is 0 Å². The van der Waals surface area contributed by atoms with E-state index in [0.717, 1.165) is 6.07 Å². The molecule has 2 rings (SSSR count). The van der Waals surface area contributed by atoms with E-state index >= 15 is 0 Å². The Morgan fingerprint density at radius 2 is 1.70 bits per heavy atom. The molecule has 0 saturated heterocycles. The van der Waals surface area contributed by atoms with Gasteiger partial charge in [-0.05, 0) is 18.1 Å². The average Bonchev–Trinajstić information content (AvgIpc) is 2.55. The Bertz CT molecular complexity index is 777. The monoisotopic (exact) mass is 336 g/mol. The zero-order valence-corrected chi connectivity index (χ0v) is 12.9. The highest BCUT2D eigenvalue weighted by Crippen LogP contribution is 2.23. The topological polar surface area (TPSA) is 110 Å². The van der Waals surface area contributed by atoms with Crippen LogP contribution in [0.3, 0.4) is 0 Å². The van der Waals surface area contributed by atoms with Gasteiger partial charge in [-0.25, -0.2) is 13.1 Å². The van der Waals surface area contributed by atoms with Gasteiger partial charge in [0.15, 0.2) is 4.90 Å². The summed E-state index contributed by atoms with van der Waals surface area (Å²) in [7, 11) is -4.02. The molecule has 23 heavy (non-hydrogen) atoms. The summed E-state index contributed by atoms with van der Waals surface area (Å²) in [5.41, 5.74) is 0.195. The second kappa shape index (κ2) is 7.32. The largest absolute Gasteiger partial charge is 0.388 e. The Morgan fingerprint density at radius 3 is 2.35 bits per heavy atom. The summed E-state index contributed by atoms with van der Waals surface area (Å²) >= 11 is 0. The molecular formula is C15H16N2O5S. The molecule has 2 N–H and O–H groups in total. The van der Waals surface area contributed by atoms with Crippen LogP contribution in [0.15, 0.2) is 59.5 Å². The fourth-order valence-electron chi connectivity index (χ4n) is 2.08. The van der Waals surface area contributed by atoms with Crippen molar-refractivity contribution in [3.63, 3.8) is 0 Å². The van der Waals surface area contributed by atoms with Crippen molar-refractivity contribution in [1.29, 1.82) is 0 Å². The van der Waals surface area contributed by atoms with Crippen LogP contribution in [0.5, 0.6) is 0 Å². The molecule has 1 atom stereocenters. The summed E-state index contributed by atoms with van der Waals surface area (Å²) in [6, 6.07) is 14.0. The molecule has 0 radical (unpaired) electrons. The van der Waals surface area contributed by atoms with Crippen molar-refractivity contribution in [2.45, 2.75) is 17.4 Å². The van der Waals surface area contributed by atoms with E-state index in [1.165, 1.54) is 18.2 Å². The molecule has 0 bridgehead atoms. The number of nitro benzene ring substituents is 1. The highest BCUT2D eigenvalue weighted by Gasteiger charge is 2.24. The average molecular weight is 336 g/mol. The van der Waals surface area contributed by atoms with E-state index in [1.807, 2.05) is 6.07 Å². The Kier molecular flexibility index (Phi) is 5.43. The highest BCUT2D eigenvalue weighted by atomic mass is 32.2. The maximum Gasteiger partial charge on any atom is 0.289 e. The smallest absolute Gasteiger partial charge is 0.289 e. The fraction of sp³-hybridized carbons (Fsp3) is 0.200.